The van der Waals surface area contributed by atoms with Crippen LogP contribution in [0.25, 0.3) is 21.5 Å². The van der Waals surface area contributed by atoms with Crippen LogP contribution in [-0.4, -0.2) is 21.8 Å². The molecule has 3 aliphatic rings. The van der Waals surface area contributed by atoms with E-state index in [1.165, 1.54) is 89.4 Å². The van der Waals surface area contributed by atoms with Crippen molar-refractivity contribution < 1.29 is 0 Å². The normalized spacial score (nSPS) is 14.6. The van der Waals surface area contributed by atoms with E-state index in [0.29, 0.717) is 0 Å². The van der Waals surface area contributed by atoms with Crippen molar-refractivity contribution in [3.05, 3.63) is 168 Å². The van der Waals surface area contributed by atoms with Crippen molar-refractivity contribution in [2.24, 2.45) is 0 Å². The molecule has 8 aromatic rings. The summed E-state index contributed by atoms with van der Waals surface area (Å²) in [5, 5.41) is 5.17. The van der Waals surface area contributed by atoms with Crippen LogP contribution in [0.2, 0.25) is 0 Å². The zero-order chi connectivity index (χ0) is 41.5. The zero-order valence-corrected chi connectivity index (χ0v) is 39.7. The third kappa shape index (κ3) is 5.56. The minimum atomic E-state index is -3.17. The van der Waals surface area contributed by atoms with E-state index < -0.39 is 21.8 Å². The van der Waals surface area contributed by atoms with Crippen LogP contribution in [0.3, 0.4) is 0 Å². The topological polar surface area (TPSA) is 9.72 Å². The van der Waals surface area contributed by atoms with Gasteiger partial charge in [0.25, 0.3) is 0 Å². The van der Waals surface area contributed by atoms with Gasteiger partial charge in [-0.2, -0.15) is 0 Å². The van der Waals surface area contributed by atoms with Gasteiger partial charge in [-0.1, -0.05) is 0 Å². The van der Waals surface area contributed by atoms with Crippen molar-refractivity contribution in [2.45, 2.75) is 78.6 Å². The molecule has 0 saturated heterocycles. The fraction of sp³-hybridized carbons (Fsp3) is 0.214. The van der Waals surface area contributed by atoms with Crippen molar-refractivity contribution >= 4 is 104 Å². The van der Waals surface area contributed by atoms with E-state index >= 15 is 0 Å². The van der Waals surface area contributed by atoms with Crippen LogP contribution in [0.1, 0.15) is 79.0 Å². The molecule has 60 heavy (non-hydrogen) atoms. The Bertz CT molecular complexity index is 2860. The monoisotopic (exact) mass is 975 g/mol. The van der Waals surface area contributed by atoms with Crippen LogP contribution in [-0.2, 0) is 16.2 Å². The molecule has 3 nitrogen and oxygen atoms in total. The van der Waals surface area contributed by atoms with Gasteiger partial charge in [-0.3, -0.25) is 0 Å². The Morgan fingerprint density at radius 2 is 0.683 bits per heavy atom. The van der Waals surface area contributed by atoms with E-state index in [1.54, 1.807) is 9.81 Å². The summed E-state index contributed by atoms with van der Waals surface area (Å²) in [7, 11) is 0. The van der Waals surface area contributed by atoms with Crippen molar-refractivity contribution in [3.8, 4) is 0 Å². The molecule has 296 valence electrons. The molecule has 0 saturated carbocycles. The third-order valence-corrected chi connectivity index (χ3v) is 23.4. The Hall–Kier alpha value is -5.44. The first kappa shape index (κ1) is 37.6. The molecule has 0 atom stereocenters. The van der Waals surface area contributed by atoms with Gasteiger partial charge in [0, 0.05) is 0 Å². The summed E-state index contributed by atoms with van der Waals surface area (Å²) >= 11 is -3.17. The average Bonchev–Trinajstić information content (AvgIpc) is 3.23. The molecule has 0 N–H and O–H groups in total. The zero-order valence-electron chi connectivity index (χ0n) is 36.2. The minimum absolute atomic E-state index is 0.0537. The summed E-state index contributed by atoms with van der Waals surface area (Å²) in [5.74, 6) is 0. The van der Waals surface area contributed by atoms with Crippen molar-refractivity contribution in [2.75, 3.05) is 14.7 Å². The number of hydrogen-bond acceptors (Lipinski definition) is 3. The van der Waals surface area contributed by atoms with Gasteiger partial charge in [0.1, 0.15) is 0 Å². The van der Waals surface area contributed by atoms with E-state index in [0.717, 1.165) is 0 Å². The number of fused-ring (bicyclic) bond motifs is 4. The molecule has 3 heterocycles. The number of anilines is 9. The fourth-order valence-corrected chi connectivity index (χ4v) is 22.0. The Morgan fingerprint density at radius 1 is 0.333 bits per heavy atom. The molecule has 0 radical (unpaired) electrons. The summed E-state index contributed by atoms with van der Waals surface area (Å²) in [6.07, 6.45) is 0. The summed E-state index contributed by atoms with van der Waals surface area (Å²) in [5.41, 5.74) is 15.8. The molecule has 0 fully saturated rings. The van der Waals surface area contributed by atoms with Gasteiger partial charge in [-0.05, 0) is 0 Å². The van der Waals surface area contributed by atoms with Gasteiger partial charge in [-0.25, -0.2) is 0 Å². The predicted molar refractivity (Wildman–Crippen MR) is 260 cm³/mol. The fourth-order valence-electron chi connectivity index (χ4n) is 9.80. The molecule has 0 aromatic heterocycles. The molecule has 4 heteroatoms. The molecule has 11 rings (SSSR count). The maximum atomic E-state index is 2.64. The van der Waals surface area contributed by atoms with Crippen LogP contribution >= 0.6 is 0 Å². The van der Waals surface area contributed by atoms with E-state index in [-0.39, 0.29) is 16.2 Å². The van der Waals surface area contributed by atoms with Crippen LogP contribution in [0, 0.1) is 0 Å². The maximum absolute atomic E-state index is 3.17. The Balaban J connectivity index is 1.30. The van der Waals surface area contributed by atoms with Crippen LogP contribution in [0.4, 0.5) is 51.2 Å². The van der Waals surface area contributed by atoms with E-state index in [9.17, 15) is 0 Å². The molecule has 0 amide bonds. The van der Waals surface area contributed by atoms with E-state index in [4.69, 9.17) is 0 Å². The van der Waals surface area contributed by atoms with Crippen molar-refractivity contribution in [1.29, 1.82) is 0 Å². The first-order valence-corrected chi connectivity index (χ1v) is 26.7. The number of benzene rings is 8. The number of rotatable bonds is 3. The molecule has 8 aromatic carbocycles. The Morgan fingerprint density at radius 3 is 1.05 bits per heavy atom. The molecule has 0 spiro atoms. The quantitative estimate of drug-likeness (QED) is 0.163. The molecule has 0 aliphatic carbocycles. The number of hydrogen-bond donors (Lipinski definition) is 0. The van der Waals surface area contributed by atoms with Gasteiger partial charge in [0.15, 0.2) is 0 Å². The summed E-state index contributed by atoms with van der Waals surface area (Å²) in [4.78, 5) is 7.91. The third-order valence-electron chi connectivity index (χ3n) is 13.0. The SMILES string of the molecule is CC(C)(C)c1ccc(N2c3cc4ccccc4c4[c]3[Bi]3[c]5c(cccc5N(c5ccc(C(C)(C)C)cc5)c5[c]3c2cc2ccccc52)N4c2ccc(C(C)(C)C)cc2)cc1. The van der Waals surface area contributed by atoms with Crippen LogP contribution < -0.4 is 24.5 Å². The van der Waals surface area contributed by atoms with Gasteiger partial charge in [0.05, 0.1) is 0 Å². The molecule has 0 unspecified atom stereocenters. The average molecular weight is 976 g/mol. The van der Waals surface area contributed by atoms with Crippen molar-refractivity contribution in [3.63, 3.8) is 0 Å². The molecule has 3 aliphatic heterocycles. The Kier molecular flexibility index (Phi) is 8.16. The summed E-state index contributed by atoms with van der Waals surface area (Å²) in [6, 6.07) is 58.7. The number of nitrogens with zero attached hydrogens (tertiary/aromatic N) is 3. The van der Waals surface area contributed by atoms with E-state index in [2.05, 4.69) is 229 Å². The predicted octanol–water partition coefficient (Wildman–Crippen LogP) is 13.8. The second-order valence-electron chi connectivity index (χ2n) is 20.0. The van der Waals surface area contributed by atoms with Gasteiger partial charge < -0.3 is 0 Å². The first-order chi connectivity index (χ1) is 28.7. The first-order valence-electron chi connectivity index (χ1n) is 21.5. The molecular weight excluding hydrogens is 924 g/mol. The molecule has 0 bridgehead atoms. The molecular formula is C56H52BiN3. The Labute approximate surface area is 363 Å². The second-order valence-corrected chi connectivity index (χ2v) is 27.8. The standard InChI is InChI=1S/C56H52N3.Bi/c1-54(2,3)40-21-27-43(28-22-40)57-48-33-38-15-10-12-19-50(38)52(36-48)58(44-29-23-41(24-30-44)55(4,5)6)46-17-14-18-47(35-46)59(45-31-25-42(26-32-45)56(7,8)9)53-37-49(57)34-39-16-11-13-20-51(39)53;/h10-34H,1-9H3;. The van der Waals surface area contributed by atoms with Gasteiger partial charge >= 0.3 is 366 Å². The van der Waals surface area contributed by atoms with Crippen LogP contribution in [0.15, 0.2) is 152 Å². The summed E-state index contributed by atoms with van der Waals surface area (Å²) in [6.45, 7) is 20.8. The van der Waals surface area contributed by atoms with Gasteiger partial charge in [-0.15, -0.1) is 0 Å². The van der Waals surface area contributed by atoms with Crippen LogP contribution in [0.5, 0.6) is 0 Å². The summed E-state index contributed by atoms with van der Waals surface area (Å²) < 4.78 is 4.69. The van der Waals surface area contributed by atoms with E-state index in [1.807, 2.05) is 0 Å². The second kappa shape index (κ2) is 13.0. The van der Waals surface area contributed by atoms with Crippen molar-refractivity contribution in [1.82, 2.24) is 0 Å². The van der Waals surface area contributed by atoms with Gasteiger partial charge in [0.2, 0.25) is 0 Å².